The standard InChI is InChI=1S/C12H10N4O2S/c1-18-9-4-2-3-8(5-9)13-6-10-11(17)16-12(19-10)14-7-15-16/h2-7,13H,1H3/b10-6-. The quantitative estimate of drug-likeness (QED) is 0.762. The summed E-state index contributed by atoms with van der Waals surface area (Å²) in [6.07, 6.45) is 3.02. The van der Waals surface area contributed by atoms with Crippen LogP contribution in [0.25, 0.3) is 11.2 Å². The lowest BCUT2D eigenvalue weighted by atomic mass is 10.3. The molecule has 0 spiro atoms. The Morgan fingerprint density at radius 1 is 1.47 bits per heavy atom. The first-order chi connectivity index (χ1) is 9.28. The molecule has 0 aliphatic carbocycles. The van der Waals surface area contributed by atoms with E-state index in [9.17, 15) is 4.79 Å². The number of anilines is 1. The number of methoxy groups -OCH3 is 1. The minimum absolute atomic E-state index is 0.173. The highest BCUT2D eigenvalue weighted by Gasteiger charge is 2.04. The molecule has 7 heteroatoms. The Morgan fingerprint density at radius 3 is 3.16 bits per heavy atom. The Labute approximate surface area is 112 Å². The minimum Gasteiger partial charge on any atom is -0.497 e. The molecule has 2 heterocycles. The lowest BCUT2D eigenvalue weighted by Crippen LogP contribution is -2.24. The van der Waals surface area contributed by atoms with Crippen LogP contribution in [0.5, 0.6) is 5.75 Å². The van der Waals surface area contributed by atoms with Gasteiger partial charge in [-0.05, 0) is 12.1 Å². The van der Waals surface area contributed by atoms with Crippen molar-refractivity contribution in [1.29, 1.82) is 0 Å². The van der Waals surface area contributed by atoms with E-state index in [0.29, 0.717) is 9.49 Å². The molecular weight excluding hydrogens is 264 g/mol. The summed E-state index contributed by atoms with van der Waals surface area (Å²) in [5, 5.41) is 6.92. The van der Waals surface area contributed by atoms with Crippen LogP contribution in [0, 0.1) is 0 Å². The van der Waals surface area contributed by atoms with Crippen molar-refractivity contribution in [3.63, 3.8) is 0 Å². The van der Waals surface area contributed by atoms with E-state index in [4.69, 9.17) is 4.74 Å². The number of hydrogen-bond acceptors (Lipinski definition) is 6. The maximum Gasteiger partial charge on any atom is 0.292 e. The van der Waals surface area contributed by atoms with Gasteiger partial charge in [0.15, 0.2) is 0 Å². The molecule has 0 fully saturated rings. The molecule has 0 bridgehead atoms. The molecule has 0 saturated carbocycles. The van der Waals surface area contributed by atoms with Crippen LogP contribution in [-0.2, 0) is 0 Å². The van der Waals surface area contributed by atoms with E-state index < -0.39 is 0 Å². The number of nitrogens with one attached hydrogen (secondary N) is 1. The lowest BCUT2D eigenvalue weighted by Gasteiger charge is -2.02. The number of rotatable bonds is 3. The lowest BCUT2D eigenvalue weighted by molar-refractivity contribution is 0.415. The number of benzene rings is 1. The molecule has 0 atom stereocenters. The molecular formula is C12H10N4O2S. The highest BCUT2D eigenvalue weighted by atomic mass is 32.1. The summed E-state index contributed by atoms with van der Waals surface area (Å²) in [4.78, 5) is 16.5. The molecule has 3 rings (SSSR count). The molecule has 96 valence electrons. The van der Waals surface area contributed by atoms with E-state index in [2.05, 4.69) is 15.4 Å². The van der Waals surface area contributed by atoms with Gasteiger partial charge in [0, 0.05) is 18.0 Å². The molecule has 0 aliphatic heterocycles. The fraction of sp³-hybridized carbons (Fsp3) is 0.0833. The van der Waals surface area contributed by atoms with E-state index in [-0.39, 0.29) is 5.56 Å². The fourth-order valence-electron chi connectivity index (χ4n) is 1.64. The summed E-state index contributed by atoms with van der Waals surface area (Å²) in [7, 11) is 1.61. The summed E-state index contributed by atoms with van der Waals surface area (Å²) < 4.78 is 6.96. The molecule has 2 aromatic heterocycles. The second-order valence-electron chi connectivity index (χ2n) is 3.75. The van der Waals surface area contributed by atoms with Gasteiger partial charge in [0.25, 0.3) is 5.56 Å². The van der Waals surface area contributed by atoms with E-state index in [1.807, 2.05) is 24.3 Å². The fourth-order valence-corrected chi connectivity index (χ4v) is 2.44. The normalized spacial score (nSPS) is 11.9. The topological polar surface area (TPSA) is 68.5 Å². The van der Waals surface area contributed by atoms with Crippen molar-refractivity contribution < 1.29 is 4.74 Å². The zero-order valence-corrected chi connectivity index (χ0v) is 10.8. The summed E-state index contributed by atoms with van der Waals surface area (Å²) in [6, 6.07) is 7.46. The number of hydrogen-bond donors (Lipinski definition) is 1. The third kappa shape index (κ3) is 2.15. The first kappa shape index (κ1) is 11.7. The van der Waals surface area contributed by atoms with Crippen molar-refractivity contribution in [3.05, 3.63) is 45.5 Å². The van der Waals surface area contributed by atoms with Crippen LogP contribution in [0.3, 0.4) is 0 Å². The van der Waals surface area contributed by atoms with Gasteiger partial charge in [-0.2, -0.15) is 9.61 Å². The Kier molecular flexibility index (Phi) is 2.88. The zero-order valence-electron chi connectivity index (χ0n) is 10.0. The van der Waals surface area contributed by atoms with Gasteiger partial charge in [-0.1, -0.05) is 17.4 Å². The number of thiazole rings is 1. The van der Waals surface area contributed by atoms with E-state index in [1.54, 1.807) is 13.3 Å². The van der Waals surface area contributed by atoms with Gasteiger partial charge in [0.05, 0.1) is 7.11 Å². The van der Waals surface area contributed by atoms with Gasteiger partial charge in [-0.3, -0.25) is 4.79 Å². The Hall–Kier alpha value is -2.41. The third-order valence-corrected chi connectivity index (χ3v) is 3.53. The highest BCUT2D eigenvalue weighted by molar-refractivity contribution is 7.15. The number of aromatic nitrogens is 3. The first-order valence-electron chi connectivity index (χ1n) is 5.51. The van der Waals surface area contributed by atoms with Crippen molar-refractivity contribution in [2.45, 2.75) is 0 Å². The highest BCUT2D eigenvalue weighted by Crippen LogP contribution is 2.16. The summed E-state index contributed by atoms with van der Waals surface area (Å²) in [6.45, 7) is 0. The second kappa shape index (κ2) is 4.69. The first-order valence-corrected chi connectivity index (χ1v) is 6.33. The van der Waals surface area contributed by atoms with Gasteiger partial charge in [-0.25, -0.2) is 4.98 Å². The molecule has 0 unspecified atom stereocenters. The van der Waals surface area contributed by atoms with Crippen LogP contribution in [0.2, 0.25) is 0 Å². The molecule has 0 radical (unpaired) electrons. The molecule has 0 aliphatic rings. The molecule has 0 saturated heterocycles. The predicted molar refractivity (Wildman–Crippen MR) is 73.4 cm³/mol. The van der Waals surface area contributed by atoms with Crippen molar-refractivity contribution in [3.8, 4) is 5.75 Å². The van der Waals surface area contributed by atoms with Crippen LogP contribution in [0.1, 0.15) is 0 Å². The molecule has 6 nitrogen and oxygen atoms in total. The number of nitrogens with zero attached hydrogens (tertiary/aromatic N) is 3. The van der Waals surface area contributed by atoms with Gasteiger partial charge in [-0.15, -0.1) is 0 Å². The van der Waals surface area contributed by atoms with Crippen LogP contribution < -0.4 is 20.1 Å². The largest absolute Gasteiger partial charge is 0.497 e. The van der Waals surface area contributed by atoms with Crippen molar-refractivity contribution in [2.75, 3.05) is 12.4 Å². The zero-order chi connectivity index (χ0) is 13.2. The molecule has 1 N–H and O–H groups in total. The molecule has 1 aromatic carbocycles. The Morgan fingerprint density at radius 2 is 2.37 bits per heavy atom. The van der Waals surface area contributed by atoms with Crippen LogP contribution >= 0.6 is 11.3 Å². The van der Waals surface area contributed by atoms with Crippen molar-refractivity contribution >= 4 is 28.2 Å². The summed E-state index contributed by atoms with van der Waals surface area (Å²) >= 11 is 1.29. The smallest absolute Gasteiger partial charge is 0.292 e. The van der Waals surface area contributed by atoms with Gasteiger partial charge >= 0.3 is 0 Å². The van der Waals surface area contributed by atoms with Gasteiger partial charge in [0.2, 0.25) is 4.96 Å². The van der Waals surface area contributed by atoms with E-state index in [1.165, 1.54) is 22.2 Å². The van der Waals surface area contributed by atoms with Crippen molar-refractivity contribution in [1.82, 2.24) is 14.6 Å². The minimum atomic E-state index is -0.173. The van der Waals surface area contributed by atoms with E-state index in [0.717, 1.165) is 11.4 Å². The Balaban J connectivity index is 1.95. The van der Waals surface area contributed by atoms with Gasteiger partial charge in [0.1, 0.15) is 16.6 Å². The maximum absolute atomic E-state index is 11.9. The van der Waals surface area contributed by atoms with Crippen LogP contribution in [-0.4, -0.2) is 21.7 Å². The molecule has 19 heavy (non-hydrogen) atoms. The SMILES string of the molecule is COc1cccc(N/C=c2\sc3ncnn3c2=O)c1. The average Bonchev–Trinajstić information content (AvgIpc) is 3.00. The molecule has 0 amide bonds. The average molecular weight is 274 g/mol. The molecule has 3 aromatic rings. The summed E-state index contributed by atoms with van der Waals surface area (Å²) in [5.74, 6) is 0.753. The Bertz CT molecular complexity index is 824. The predicted octanol–water partition coefficient (Wildman–Crippen LogP) is 0.729. The second-order valence-corrected chi connectivity index (χ2v) is 4.76. The van der Waals surface area contributed by atoms with Crippen molar-refractivity contribution in [2.24, 2.45) is 0 Å². The van der Waals surface area contributed by atoms with Crippen LogP contribution in [0.4, 0.5) is 5.69 Å². The maximum atomic E-state index is 11.9. The van der Waals surface area contributed by atoms with E-state index >= 15 is 0 Å². The number of fused-ring (bicyclic) bond motifs is 1. The van der Waals surface area contributed by atoms with Gasteiger partial charge < -0.3 is 10.1 Å². The van der Waals surface area contributed by atoms with Crippen LogP contribution in [0.15, 0.2) is 35.4 Å². The third-order valence-electron chi connectivity index (χ3n) is 2.56. The number of ether oxygens (including phenoxy) is 1. The summed E-state index contributed by atoms with van der Waals surface area (Å²) in [5.41, 5.74) is 0.672. The monoisotopic (exact) mass is 274 g/mol.